The number of thioether (sulfide) groups is 1. The molecule has 1 heterocycles. The van der Waals surface area contributed by atoms with Gasteiger partial charge in [-0.1, -0.05) is 42.1 Å². The molecule has 3 rings (SSSR count). The fourth-order valence-electron chi connectivity index (χ4n) is 2.42. The Morgan fingerprint density at radius 3 is 2.55 bits per heavy atom. The third kappa shape index (κ3) is 2.10. The van der Waals surface area contributed by atoms with Gasteiger partial charge in [-0.05, 0) is 18.2 Å². The predicted molar refractivity (Wildman–Crippen MR) is 78.0 cm³/mol. The summed E-state index contributed by atoms with van der Waals surface area (Å²) in [7, 11) is 0. The van der Waals surface area contributed by atoms with Gasteiger partial charge in [0, 0.05) is 16.1 Å². The largest absolute Gasteiger partial charge is 0.508 e. The standard InChI is InChI=1S/C15H13NO3S/c17-12-7-3-1-5-10(12)15(9-14(18)19)16-11-6-2-4-8-13(11)20-15/h1-8,16-17H,9H2,(H,18,19). The summed E-state index contributed by atoms with van der Waals surface area (Å²) in [6.45, 7) is 0. The van der Waals surface area contributed by atoms with Crippen molar-refractivity contribution in [3.05, 3.63) is 54.1 Å². The van der Waals surface area contributed by atoms with Gasteiger partial charge in [0.1, 0.15) is 10.6 Å². The van der Waals surface area contributed by atoms with Crippen LogP contribution < -0.4 is 5.32 Å². The Bertz CT molecular complexity index is 647. The molecule has 2 aromatic carbocycles. The summed E-state index contributed by atoms with van der Waals surface area (Å²) in [5.74, 6) is -0.817. The number of carboxylic acids is 1. The maximum Gasteiger partial charge on any atom is 0.307 e. The molecule has 1 aliphatic rings. The molecular formula is C15H13NO3S. The maximum absolute atomic E-state index is 11.3. The number of phenolic OH excluding ortho intramolecular Hbond substituents is 1. The van der Waals surface area contributed by atoms with Crippen molar-refractivity contribution in [2.75, 3.05) is 5.32 Å². The second-order valence-corrected chi connectivity index (χ2v) is 5.98. The molecular weight excluding hydrogens is 274 g/mol. The highest BCUT2D eigenvalue weighted by molar-refractivity contribution is 8.00. The number of nitrogens with one attached hydrogen (secondary N) is 1. The van der Waals surface area contributed by atoms with E-state index in [1.54, 1.807) is 24.3 Å². The Balaban J connectivity index is 2.09. The molecule has 0 saturated heterocycles. The molecule has 102 valence electrons. The summed E-state index contributed by atoms with van der Waals surface area (Å²) in [5, 5.41) is 22.6. The van der Waals surface area contributed by atoms with Crippen LogP contribution >= 0.6 is 11.8 Å². The molecule has 4 nitrogen and oxygen atoms in total. The highest BCUT2D eigenvalue weighted by Crippen LogP contribution is 2.54. The van der Waals surface area contributed by atoms with Crippen LogP contribution in [0.3, 0.4) is 0 Å². The molecule has 0 aliphatic carbocycles. The number of phenols is 1. The van der Waals surface area contributed by atoms with Crippen LogP contribution in [0.5, 0.6) is 5.75 Å². The normalized spacial score (nSPS) is 20.2. The first-order valence-corrected chi connectivity index (χ1v) is 6.99. The topological polar surface area (TPSA) is 69.6 Å². The lowest BCUT2D eigenvalue weighted by molar-refractivity contribution is -0.137. The van der Waals surface area contributed by atoms with E-state index in [9.17, 15) is 15.0 Å². The smallest absolute Gasteiger partial charge is 0.307 e. The Morgan fingerprint density at radius 1 is 1.15 bits per heavy atom. The Morgan fingerprint density at radius 2 is 1.85 bits per heavy atom. The van der Waals surface area contributed by atoms with Crippen LogP contribution in [0.25, 0.3) is 0 Å². The minimum atomic E-state index is -0.916. The quantitative estimate of drug-likeness (QED) is 0.808. The number of hydrogen-bond donors (Lipinski definition) is 3. The molecule has 0 radical (unpaired) electrons. The summed E-state index contributed by atoms with van der Waals surface area (Å²) in [5.41, 5.74) is 1.48. The Hall–Kier alpha value is -2.14. The van der Waals surface area contributed by atoms with E-state index in [0.29, 0.717) is 5.56 Å². The van der Waals surface area contributed by atoms with Crippen LogP contribution in [-0.2, 0) is 9.67 Å². The van der Waals surface area contributed by atoms with E-state index in [0.717, 1.165) is 10.6 Å². The number of carboxylic acid groups (broad SMARTS) is 1. The Kier molecular flexibility index (Phi) is 3.06. The fraction of sp³-hybridized carbons (Fsp3) is 0.133. The van der Waals surface area contributed by atoms with E-state index in [1.807, 2.05) is 24.3 Å². The van der Waals surface area contributed by atoms with Gasteiger partial charge in [0.25, 0.3) is 0 Å². The number of aliphatic carboxylic acids is 1. The number of rotatable bonds is 3. The van der Waals surface area contributed by atoms with E-state index in [1.165, 1.54) is 11.8 Å². The predicted octanol–water partition coefficient (Wildman–Crippen LogP) is 3.24. The molecule has 1 unspecified atom stereocenters. The third-order valence-electron chi connectivity index (χ3n) is 3.25. The molecule has 0 amide bonds. The molecule has 5 heteroatoms. The number of hydrogen-bond acceptors (Lipinski definition) is 4. The molecule has 0 aromatic heterocycles. The lowest BCUT2D eigenvalue weighted by Crippen LogP contribution is -2.31. The number of carbonyl (C=O) groups is 1. The lowest BCUT2D eigenvalue weighted by Gasteiger charge is -2.28. The zero-order valence-corrected chi connectivity index (χ0v) is 11.4. The van der Waals surface area contributed by atoms with E-state index in [2.05, 4.69) is 5.32 Å². The highest BCUT2D eigenvalue weighted by atomic mass is 32.2. The van der Waals surface area contributed by atoms with Gasteiger partial charge in [-0.2, -0.15) is 0 Å². The number of fused-ring (bicyclic) bond motifs is 1. The number of para-hydroxylation sites is 2. The molecule has 1 aliphatic heterocycles. The van der Waals surface area contributed by atoms with Crippen molar-refractivity contribution in [3.8, 4) is 5.75 Å². The lowest BCUT2D eigenvalue weighted by atomic mass is 10.0. The maximum atomic E-state index is 11.3. The SMILES string of the molecule is O=C(O)CC1(c2ccccc2O)Nc2ccccc2S1. The highest BCUT2D eigenvalue weighted by Gasteiger charge is 2.43. The van der Waals surface area contributed by atoms with Gasteiger partial charge in [-0.15, -0.1) is 0 Å². The molecule has 0 fully saturated rings. The van der Waals surface area contributed by atoms with Crippen molar-refractivity contribution in [2.24, 2.45) is 0 Å². The van der Waals surface area contributed by atoms with Crippen LogP contribution in [-0.4, -0.2) is 16.2 Å². The first-order chi connectivity index (χ1) is 9.61. The van der Waals surface area contributed by atoms with Crippen molar-refractivity contribution >= 4 is 23.4 Å². The van der Waals surface area contributed by atoms with E-state index in [-0.39, 0.29) is 12.2 Å². The van der Waals surface area contributed by atoms with Gasteiger partial charge in [0.2, 0.25) is 0 Å². The fourth-order valence-corrected chi connectivity index (χ4v) is 3.81. The van der Waals surface area contributed by atoms with Crippen LogP contribution in [0.15, 0.2) is 53.4 Å². The minimum Gasteiger partial charge on any atom is -0.508 e. The summed E-state index contributed by atoms with van der Waals surface area (Å²) >= 11 is 1.43. The zero-order valence-electron chi connectivity index (χ0n) is 10.5. The number of aromatic hydroxyl groups is 1. The zero-order chi connectivity index (χ0) is 14.2. The van der Waals surface area contributed by atoms with Crippen LogP contribution in [0.2, 0.25) is 0 Å². The summed E-state index contributed by atoms with van der Waals surface area (Å²) in [4.78, 5) is 11.4. The molecule has 1 atom stereocenters. The van der Waals surface area contributed by atoms with E-state index >= 15 is 0 Å². The van der Waals surface area contributed by atoms with Gasteiger partial charge in [-0.25, -0.2) is 0 Å². The second-order valence-electron chi connectivity index (χ2n) is 4.64. The van der Waals surface area contributed by atoms with Crippen LogP contribution in [0.1, 0.15) is 12.0 Å². The molecule has 20 heavy (non-hydrogen) atoms. The van der Waals surface area contributed by atoms with Crippen molar-refractivity contribution in [2.45, 2.75) is 16.2 Å². The molecule has 0 spiro atoms. The summed E-state index contributed by atoms with van der Waals surface area (Å²) < 4.78 is 0. The monoisotopic (exact) mass is 287 g/mol. The molecule has 3 N–H and O–H groups in total. The van der Waals surface area contributed by atoms with Crippen molar-refractivity contribution < 1.29 is 15.0 Å². The number of anilines is 1. The first-order valence-electron chi connectivity index (χ1n) is 6.17. The average molecular weight is 287 g/mol. The van der Waals surface area contributed by atoms with Crippen LogP contribution in [0, 0.1) is 0 Å². The van der Waals surface area contributed by atoms with E-state index in [4.69, 9.17) is 0 Å². The van der Waals surface area contributed by atoms with Gasteiger partial charge >= 0.3 is 5.97 Å². The average Bonchev–Trinajstić information content (AvgIpc) is 2.77. The summed E-state index contributed by atoms with van der Waals surface area (Å²) in [6, 6.07) is 14.5. The van der Waals surface area contributed by atoms with Gasteiger partial charge < -0.3 is 15.5 Å². The van der Waals surface area contributed by atoms with Crippen LogP contribution in [0.4, 0.5) is 5.69 Å². The first kappa shape index (κ1) is 12.9. The minimum absolute atomic E-state index is 0.0987. The number of benzene rings is 2. The molecule has 2 aromatic rings. The van der Waals surface area contributed by atoms with Crippen molar-refractivity contribution in [1.29, 1.82) is 0 Å². The molecule has 0 saturated carbocycles. The van der Waals surface area contributed by atoms with Crippen molar-refractivity contribution in [3.63, 3.8) is 0 Å². The van der Waals surface area contributed by atoms with Crippen molar-refractivity contribution in [1.82, 2.24) is 0 Å². The van der Waals surface area contributed by atoms with E-state index < -0.39 is 10.8 Å². The van der Waals surface area contributed by atoms with Gasteiger partial charge in [-0.3, -0.25) is 4.79 Å². The van der Waals surface area contributed by atoms with Gasteiger partial charge in [0.05, 0.1) is 6.42 Å². The Labute approximate surface area is 120 Å². The molecule has 0 bridgehead atoms. The third-order valence-corrected chi connectivity index (χ3v) is 4.64. The van der Waals surface area contributed by atoms with Gasteiger partial charge in [0.15, 0.2) is 0 Å². The summed E-state index contributed by atoms with van der Waals surface area (Å²) in [6.07, 6.45) is -0.121. The second kappa shape index (κ2) is 4.76.